The van der Waals surface area contributed by atoms with Crippen LogP contribution in [0.15, 0.2) is 30.5 Å². The molecule has 0 aliphatic carbocycles. The van der Waals surface area contributed by atoms with Gasteiger partial charge >= 0.3 is 0 Å². The summed E-state index contributed by atoms with van der Waals surface area (Å²) in [6, 6.07) is 10.9. The molecule has 0 aliphatic rings. The van der Waals surface area contributed by atoms with Gasteiger partial charge in [-0.3, -0.25) is 0 Å². The van der Waals surface area contributed by atoms with Crippen LogP contribution in [0.3, 0.4) is 0 Å². The van der Waals surface area contributed by atoms with Crippen molar-refractivity contribution in [3.63, 3.8) is 0 Å². The number of anilines is 1. The van der Waals surface area contributed by atoms with Crippen LogP contribution in [0.5, 0.6) is 0 Å². The number of hydrogen-bond acceptors (Lipinski definition) is 4. The van der Waals surface area contributed by atoms with Gasteiger partial charge in [0, 0.05) is 12.1 Å². The number of hydrogen-bond donors (Lipinski definition) is 1. The Morgan fingerprint density at radius 3 is 3.11 bits per heavy atom. The van der Waals surface area contributed by atoms with Crippen molar-refractivity contribution in [2.24, 2.45) is 5.92 Å². The number of nitrogens with one attached hydrogen (secondary N) is 1. The molecule has 1 radical (unpaired) electrons. The molecule has 0 saturated heterocycles. The van der Waals surface area contributed by atoms with Gasteiger partial charge in [0.2, 0.25) is 10.1 Å². The van der Waals surface area contributed by atoms with Crippen molar-refractivity contribution in [1.29, 1.82) is 0 Å². The van der Waals surface area contributed by atoms with Crippen LogP contribution >= 0.6 is 11.3 Å². The normalized spacial score (nSPS) is 11.3. The third kappa shape index (κ3) is 2.46. The smallest absolute Gasteiger partial charge is 0.214 e. The maximum Gasteiger partial charge on any atom is 0.214 e. The van der Waals surface area contributed by atoms with E-state index in [0.29, 0.717) is 5.92 Å². The standard InChI is InChI=1S/C14H15N4S/c1-10(2)8-15-13-17-18-12(9-16-14(18)19-13)11-6-4-3-5-7-11/h3-4,6-7,9-10H,8H2,1-2H3,(H,15,17). The fourth-order valence-corrected chi connectivity index (χ4v) is 2.59. The van der Waals surface area contributed by atoms with Crippen molar-refractivity contribution in [2.75, 3.05) is 11.9 Å². The number of nitrogens with zero attached hydrogens (tertiary/aromatic N) is 3. The van der Waals surface area contributed by atoms with Gasteiger partial charge in [0.05, 0.1) is 11.9 Å². The van der Waals surface area contributed by atoms with E-state index in [2.05, 4.69) is 35.3 Å². The Morgan fingerprint density at radius 1 is 1.47 bits per heavy atom. The van der Waals surface area contributed by atoms with Crippen LogP contribution in [0.2, 0.25) is 0 Å². The molecule has 1 N–H and O–H groups in total. The summed E-state index contributed by atoms with van der Waals surface area (Å²) in [5, 5.41) is 8.82. The van der Waals surface area contributed by atoms with E-state index in [4.69, 9.17) is 0 Å². The van der Waals surface area contributed by atoms with Crippen LogP contribution in [0, 0.1) is 12.0 Å². The molecule has 19 heavy (non-hydrogen) atoms. The van der Waals surface area contributed by atoms with Gasteiger partial charge in [-0.2, -0.15) is 0 Å². The lowest BCUT2D eigenvalue weighted by Gasteiger charge is -2.04. The van der Waals surface area contributed by atoms with Crippen LogP contribution in [0.4, 0.5) is 5.13 Å². The molecule has 5 heteroatoms. The Balaban J connectivity index is 1.94. The van der Waals surface area contributed by atoms with Gasteiger partial charge in [0.1, 0.15) is 0 Å². The lowest BCUT2D eigenvalue weighted by molar-refractivity contribution is 0.687. The fraction of sp³-hybridized carbons (Fsp3) is 0.286. The molecule has 0 spiro atoms. The van der Waals surface area contributed by atoms with E-state index in [9.17, 15) is 0 Å². The summed E-state index contributed by atoms with van der Waals surface area (Å²) in [6.07, 6.45) is 1.86. The van der Waals surface area contributed by atoms with Crippen LogP contribution < -0.4 is 5.32 Å². The van der Waals surface area contributed by atoms with Crippen LogP contribution in [0.25, 0.3) is 16.2 Å². The van der Waals surface area contributed by atoms with Gasteiger partial charge in [0.15, 0.2) is 0 Å². The maximum absolute atomic E-state index is 4.57. The minimum Gasteiger partial charge on any atom is -0.360 e. The molecule has 3 rings (SSSR count). The molecule has 0 fully saturated rings. The van der Waals surface area contributed by atoms with Crippen LogP contribution in [0.1, 0.15) is 13.8 Å². The molecule has 2 heterocycles. The summed E-state index contributed by atoms with van der Waals surface area (Å²) in [4.78, 5) is 5.32. The monoisotopic (exact) mass is 271 g/mol. The first-order valence-corrected chi connectivity index (χ1v) is 7.10. The summed E-state index contributed by atoms with van der Waals surface area (Å²) in [5.74, 6) is 0.597. The zero-order valence-electron chi connectivity index (χ0n) is 10.9. The van der Waals surface area contributed by atoms with Crippen LogP contribution in [-0.2, 0) is 0 Å². The van der Waals surface area contributed by atoms with Gasteiger partial charge < -0.3 is 5.32 Å². The molecule has 97 valence electrons. The summed E-state index contributed by atoms with van der Waals surface area (Å²) in [7, 11) is 0. The molecule has 0 amide bonds. The van der Waals surface area contributed by atoms with Gasteiger partial charge in [-0.05, 0) is 18.1 Å². The lowest BCUT2D eigenvalue weighted by atomic mass is 10.2. The van der Waals surface area contributed by atoms with E-state index in [1.165, 1.54) is 0 Å². The zero-order chi connectivity index (χ0) is 13.2. The van der Waals surface area contributed by atoms with Gasteiger partial charge in [-0.15, -0.1) is 5.10 Å². The van der Waals surface area contributed by atoms with Gasteiger partial charge in [-0.25, -0.2) is 9.50 Å². The highest BCUT2D eigenvalue weighted by molar-refractivity contribution is 7.20. The van der Waals surface area contributed by atoms with Crippen molar-refractivity contribution in [2.45, 2.75) is 13.8 Å². The predicted molar refractivity (Wildman–Crippen MR) is 78.5 cm³/mol. The fourth-order valence-electron chi connectivity index (χ4n) is 1.81. The molecular formula is C14H15N4S. The minimum atomic E-state index is 0.597. The van der Waals surface area contributed by atoms with Gasteiger partial charge in [-0.1, -0.05) is 43.4 Å². The first-order chi connectivity index (χ1) is 9.24. The Labute approximate surface area is 116 Å². The van der Waals surface area contributed by atoms with Crippen molar-refractivity contribution >= 4 is 21.4 Å². The number of fused-ring (bicyclic) bond motifs is 1. The largest absolute Gasteiger partial charge is 0.360 e. The highest BCUT2D eigenvalue weighted by atomic mass is 32.1. The topological polar surface area (TPSA) is 42.2 Å². The second-order valence-corrected chi connectivity index (χ2v) is 5.77. The van der Waals surface area contributed by atoms with E-state index >= 15 is 0 Å². The summed E-state index contributed by atoms with van der Waals surface area (Å²) < 4.78 is 1.89. The molecule has 4 nitrogen and oxygen atoms in total. The second kappa shape index (κ2) is 5.01. The average Bonchev–Trinajstić information content (AvgIpc) is 2.96. The highest BCUT2D eigenvalue weighted by Gasteiger charge is 2.11. The molecule has 0 bridgehead atoms. The Bertz CT molecular complexity index is 669. The minimum absolute atomic E-state index is 0.597. The second-order valence-electron chi connectivity index (χ2n) is 4.81. The molecule has 3 aromatic rings. The molecule has 2 aromatic heterocycles. The number of aromatic nitrogens is 3. The molecule has 0 aliphatic heterocycles. The maximum atomic E-state index is 4.57. The molecule has 0 saturated carbocycles. The molecule has 1 aromatic carbocycles. The number of benzene rings is 1. The average molecular weight is 271 g/mol. The van der Waals surface area contributed by atoms with Crippen molar-refractivity contribution in [3.05, 3.63) is 36.5 Å². The lowest BCUT2D eigenvalue weighted by Crippen LogP contribution is -2.07. The first-order valence-electron chi connectivity index (χ1n) is 6.29. The Kier molecular flexibility index (Phi) is 3.21. The van der Waals surface area contributed by atoms with E-state index in [0.717, 1.165) is 27.9 Å². The highest BCUT2D eigenvalue weighted by Crippen LogP contribution is 2.25. The van der Waals surface area contributed by atoms with Gasteiger partial charge in [0.25, 0.3) is 0 Å². The number of rotatable bonds is 4. The van der Waals surface area contributed by atoms with E-state index in [-0.39, 0.29) is 0 Å². The quantitative estimate of drug-likeness (QED) is 0.791. The third-order valence-electron chi connectivity index (χ3n) is 2.75. The molecule has 0 atom stereocenters. The summed E-state index contributed by atoms with van der Waals surface area (Å²) in [6.45, 7) is 5.28. The van der Waals surface area contributed by atoms with E-state index in [1.54, 1.807) is 11.3 Å². The summed E-state index contributed by atoms with van der Waals surface area (Å²) in [5.41, 5.74) is 2.08. The van der Waals surface area contributed by atoms with Crippen molar-refractivity contribution < 1.29 is 0 Å². The molecular weight excluding hydrogens is 256 g/mol. The number of imidazole rings is 1. The molecule has 0 unspecified atom stereocenters. The zero-order valence-corrected chi connectivity index (χ0v) is 11.7. The van der Waals surface area contributed by atoms with Crippen LogP contribution in [-0.4, -0.2) is 21.1 Å². The van der Waals surface area contributed by atoms with Crippen molar-refractivity contribution in [1.82, 2.24) is 14.6 Å². The SMILES string of the molecule is CC(C)CNc1nn2c(-c3c[c]ccc3)cnc2s1. The van der Waals surface area contributed by atoms with E-state index in [1.807, 2.05) is 35.0 Å². The Hall–Kier alpha value is -1.88. The first kappa shape index (κ1) is 12.2. The third-order valence-corrected chi connectivity index (χ3v) is 3.63. The van der Waals surface area contributed by atoms with Crippen molar-refractivity contribution in [3.8, 4) is 11.3 Å². The predicted octanol–water partition coefficient (Wildman–Crippen LogP) is 3.33. The summed E-state index contributed by atoms with van der Waals surface area (Å²) >= 11 is 1.57. The Morgan fingerprint density at radius 2 is 2.37 bits per heavy atom. The van der Waals surface area contributed by atoms with E-state index < -0.39 is 0 Å².